The number of ether oxygens (including phenoxy) is 1. The number of carbonyl (C=O) groups is 2. The van der Waals surface area contributed by atoms with Gasteiger partial charge in [0, 0.05) is 25.6 Å². The summed E-state index contributed by atoms with van der Waals surface area (Å²) in [5, 5.41) is 0. The third kappa shape index (κ3) is 5.46. The van der Waals surface area contributed by atoms with Gasteiger partial charge in [0.1, 0.15) is 12.4 Å². The van der Waals surface area contributed by atoms with Crippen molar-refractivity contribution < 1.29 is 14.3 Å². The van der Waals surface area contributed by atoms with Crippen LogP contribution in [0, 0.1) is 12.8 Å². The van der Waals surface area contributed by atoms with E-state index in [4.69, 9.17) is 10.5 Å². The second-order valence-corrected chi connectivity index (χ2v) is 6.82. The zero-order chi connectivity index (χ0) is 18.4. The number of nitrogens with zero attached hydrogens (tertiary/aromatic N) is 2. The average molecular weight is 347 g/mol. The van der Waals surface area contributed by atoms with E-state index in [1.807, 2.05) is 55.0 Å². The van der Waals surface area contributed by atoms with Crippen molar-refractivity contribution in [1.29, 1.82) is 0 Å². The molecule has 1 aromatic rings. The van der Waals surface area contributed by atoms with Crippen LogP contribution >= 0.6 is 0 Å². The summed E-state index contributed by atoms with van der Waals surface area (Å²) in [5.74, 6) is 0.590. The second-order valence-electron chi connectivity index (χ2n) is 6.82. The van der Waals surface area contributed by atoms with Gasteiger partial charge in [-0.25, -0.2) is 0 Å². The van der Waals surface area contributed by atoms with Crippen molar-refractivity contribution >= 4 is 11.8 Å². The normalized spacial score (nSPS) is 16.7. The van der Waals surface area contributed by atoms with E-state index in [-0.39, 0.29) is 23.8 Å². The molecular formula is C19H29N3O3. The number of likely N-dealkylation sites (tertiary alicyclic amines) is 1. The maximum absolute atomic E-state index is 12.6. The summed E-state index contributed by atoms with van der Waals surface area (Å²) in [6.45, 7) is 6.34. The van der Waals surface area contributed by atoms with Gasteiger partial charge in [-0.15, -0.1) is 0 Å². The third-order valence-corrected chi connectivity index (χ3v) is 4.93. The van der Waals surface area contributed by atoms with Crippen LogP contribution in [-0.2, 0) is 9.59 Å². The quantitative estimate of drug-likeness (QED) is 0.809. The first-order valence-electron chi connectivity index (χ1n) is 8.86. The van der Waals surface area contributed by atoms with Gasteiger partial charge >= 0.3 is 0 Å². The number of benzene rings is 1. The molecule has 6 nitrogen and oxygen atoms in total. The van der Waals surface area contributed by atoms with Gasteiger partial charge in [0.25, 0.3) is 0 Å². The summed E-state index contributed by atoms with van der Waals surface area (Å²) < 4.78 is 5.76. The zero-order valence-corrected chi connectivity index (χ0v) is 15.4. The van der Waals surface area contributed by atoms with E-state index in [1.54, 1.807) is 0 Å². The van der Waals surface area contributed by atoms with E-state index in [0.717, 1.165) is 11.3 Å². The van der Waals surface area contributed by atoms with Crippen molar-refractivity contribution in [2.45, 2.75) is 32.7 Å². The molecule has 2 rings (SSSR count). The first-order valence-corrected chi connectivity index (χ1v) is 8.86. The lowest BCUT2D eigenvalue weighted by Gasteiger charge is -2.34. The second kappa shape index (κ2) is 8.85. The van der Waals surface area contributed by atoms with Crippen LogP contribution in [0.4, 0.5) is 0 Å². The van der Waals surface area contributed by atoms with Gasteiger partial charge in [0.05, 0.1) is 6.04 Å². The van der Waals surface area contributed by atoms with Crippen LogP contribution in [0.3, 0.4) is 0 Å². The average Bonchev–Trinajstić information content (AvgIpc) is 2.60. The Bertz CT molecular complexity index is 597. The Morgan fingerprint density at radius 2 is 2.04 bits per heavy atom. The van der Waals surface area contributed by atoms with Gasteiger partial charge < -0.3 is 15.4 Å². The van der Waals surface area contributed by atoms with Crippen LogP contribution in [0.5, 0.6) is 5.75 Å². The summed E-state index contributed by atoms with van der Waals surface area (Å²) in [6.07, 6.45) is 1.32. The Labute approximate surface area is 149 Å². The lowest BCUT2D eigenvalue weighted by molar-refractivity contribution is -0.139. The summed E-state index contributed by atoms with van der Waals surface area (Å²) in [6, 6.07) is 7.71. The molecule has 1 aliphatic rings. The fraction of sp³-hybridized carbons (Fsp3) is 0.579. The van der Waals surface area contributed by atoms with Crippen LogP contribution in [0.15, 0.2) is 24.3 Å². The fourth-order valence-electron chi connectivity index (χ4n) is 3.04. The Morgan fingerprint density at radius 3 is 2.64 bits per heavy atom. The van der Waals surface area contributed by atoms with Crippen molar-refractivity contribution in [3.8, 4) is 5.75 Å². The van der Waals surface area contributed by atoms with Crippen LogP contribution in [0.2, 0.25) is 0 Å². The number of carbonyl (C=O) groups excluding carboxylic acids is 2. The molecule has 1 unspecified atom stereocenters. The van der Waals surface area contributed by atoms with Crippen molar-refractivity contribution in [2.75, 3.05) is 33.3 Å². The molecule has 1 saturated heterocycles. The number of hydrogen-bond donors (Lipinski definition) is 1. The van der Waals surface area contributed by atoms with E-state index in [0.29, 0.717) is 39.1 Å². The van der Waals surface area contributed by atoms with Gasteiger partial charge in [0.2, 0.25) is 11.8 Å². The van der Waals surface area contributed by atoms with E-state index in [1.165, 1.54) is 0 Å². The predicted octanol–water partition coefficient (Wildman–Crippen LogP) is 1.42. The van der Waals surface area contributed by atoms with E-state index >= 15 is 0 Å². The molecule has 25 heavy (non-hydrogen) atoms. The van der Waals surface area contributed by atoms with Crippen molar-refractivity contribution in [2.24, 2.45) is 11.7 Å². The molecule has 0 spiro atoms. The number of primary amides is 1. The maximum atomic E-state index is 12.6. The van der Waals surface area contributed by atoms with Crippen molar-refractivity contribution in [1.82, 2.24) is 9.80 Å². The monoisotopic (exact) mass is 347 g/mol. The summed E-state index contributed by atoms with van der Waals surface area (Å²) >= 11 is 0. The molecule has 0 aliphatic carbocycles. The molecule has 0 bridgehead atoms. The lowest BCUT2D eigenvalue weighted by atomic mass is 9.96. The maximum Gasteiger partial charge on any atom is 0.239 e. The standard InChI is InChI=1S/C19H29N3O3/c1-14-5-4-6-17(13-14)25-12-11-21(3)15(2)19(24)22-9-7-16(8-10-22)18(20)23/h4-6,13,15-16H,7-12H2,1-3H3,(H2,20,23). The molecule has 1 atom stereocenters. The molecule has 0 aromatic heterocycles. The summed E-state index contributed by atoms with van der Waals surface area (Å²) in [4.78, 5) is 27.7. The number of rotatable bonds is 7. The highest BCUT2D eigenvalue weighted by Gasteiger charge is 2.29. The fourth-order valence-corrected chi connectivity index (χ4v) is 3.04. The van der Waals surface area contributed by atoms with Crippen LogP contribution in [-0.4, -0.2) is 60.9 Å². The highest BCUT2D eigenvalue weighted by Crippen LogP contribution is 2.18. The molecule has 138 valence electrons. The van der Waals surface area contributed by atoms with Crippen LogP contribution in [0.1, 0.15) is 25.3 Å². The Balaban J connectivity index is 1.76. The molecule has 1 heterocycles. The molecule has 1 aliphatic heterocycles. The molecule has 1 fully saturated rings. The topological polar surface area (TPSA) is 75.9 Å². The van der Waals surface area contributed by atoms with Gasteiger partial charge in [0.15, 0.2) is 0 Å². The van der Waals surface area contributed by atoms with E-state index < -0.39 is 0 Å². The van der Waals surface area contributed by atoms with Crippen molar-refractivity contribution in [3.05, 3.63) is 29.8 Å². The smallest absolute Gasteiger partial charge is 0.239 e. The minimum atomic E-state index is -0.259. The predicted molar refractivity (Wildman–Crippen MR) is 97.3 cm³/mol. The number of piperidine rings is 1. The van der Waals surface area contributed by atoms with E-state index in [2.05, 4.69) is 0 Å². The minimum absolute atomic E-state index is 0.0974. The number of likely N-dealkylation sites (N-methyl/N-ethyl adjacent to an activating group) is 1. The van der Waals surface area contributed by atoms with Crippen LogP contribution < -0.4 is 10.5 Å². The van der Waals surface area contributed by atoms with E-state index in [9.17, 15) is 9.59 Å². The largest absolute Gasteiger partial charge is 0.492 e. The number of hydrogen-bond acceptors (Lipinski definition) is 4. The molecule has 6 heteroatoms. The minimum Gasteiger partial charge on any atom is -0.492 e. The number of aryl methyl sites for hydroxylation is 1. The summed E-state index contributed by atoms with van der Waals surface area (Å²) in [5.41, 5.74) is 6.51. The third-order valence-electron chi connectivity index (χ3n) is 4.93. The highest BCUT2D eigenvalue weighted by atomic mass is 16.5. The van der Waals surface area contributed by atoms with Gasteiger partial charge in [-0.3, -0.25) is 14.5 Å². The number of nitrogens with two attached hydrogens (primary N) is 1. The Morgan fingerprint density at radius 1 is 1.36 bits per heavy atom. The van der Waals surface area contributed by atoms with Crippen molar-refractivity contribution in [3.63, 3.8) is 0 Å². The van der Waals surface area contributed by atoms with Crippen LogP contribution in [0.25, 0.3) is 0 Å². The van der Waals surface area contributed by atoms with Gasteiger partial charge in [-0.2, -0.15) is 0 Å². The molecule has 2 N–H and O–H groups in total. The highest BCUT2D eigenvalue weighted by molar-refractivity contribution is 5.82. The SMILES string of the molecule is Cc1cccc(OCCN(C)C(C)C(=O)N2CCC(C(N)=O)CC2)c1. The van der Waals surface area contributed by atoms with Gasteiger partial charge in [-0.05, 0) is 51.4 Å². The Hall–Kier alpha value is -2.08. The van der Waals surface area contributed by atoms with Gasteiger partial charge in [-0.1, -0.05) is 12.1 Å². The zero-order valence-electron chi connectivity index (χ0n) is 15.4. The number of amides is 2. The lowest BCUT2D eigenvalue weighted by Crippen LogP contribution is -2.50. The molecule has 0 radical (unpaired) electrons. The molecular weight excluding hydrogens is 318 g/mol. The Kier molecular flexibility index (Phi) is 6.82. The molecule has 0 saturated carbocycles. The first-order chi connectivity index (χ1) is 11.9. The molecule has 1 aromatic carbocycles. The summed E-state index contributed by atoms with van der Waals surface area (Å²) in [7, 11) is 1.93. The first kappa shape index (κ1) is 19.2. The molecule has 2 amide bonds.